The maximum atomic E-state index is 12.9. The molecule has 39 heavy (non-hydrogen) atoms. The van der Waals surface area contributed by atoms with Crippen molar-refractivity contribution >= 4 is 19.3 Å². The molecule has 0 atom stereocenters. The summed E-state index contributed by atoms with van der Waals surface area (Å²) in [5.74, 6) is 0.493. The number of rotatable bonds is 8. The van der Waals surface area contributed by atoms with Gasteiger partial charge in [-0.1, -0.05) is 68.5 Å². The molecule has 1 aliphatic carbocycles. The Labute approximate surface area is 231 Å². The fourth-order valence-electron chi connectivity index (χ4n) is 5.16. The first kappa shape index (κ1) is 27.2. The minimum absolute atomic E-state index is 0.00746. The van der Waals surface area contributed by atoms with Crippen LogP contribution in [-0.4, -0.2) is 47.3 Å². The molecule has 204 valence electrons. The van der Waals surface area contributed by atoms with Crippen molar-refractivity contribution in [1.29, 1.82) is 0 Å². The predicted octanol–water partition coefficient (Wildman–Crippen LogP) is 6.09. The highest BCUT2D eigenvalue weighted by molar-refractivity contribution is 6.56. The molecule has 2 heterocycles. The van der Waals surface area contributed by atoms with Gasteiger partial charge in [-0.25, -0.2) is 4.79 Å². The van der Waals surface area contributed by atoms with Gasteiger partial charge in [-0.2, -0.15) is 5.10 Å². The average molecular weight is 527 g/mol. The van der Waals surface area contributed by atoms with Crippen molar-refractivity contribution in [3.05, 3.63) is 83.1 Å². The lowest BCUT2D eigenvalue weighted by Gasteiger charge is -2.32. The van der Waals surface area contributed by atoms with E-state index in [0.717, 1.165) is 17.6 Å². The maximum absolute atomic E-state index is 12.9. The van der Waals surface area contributed by atoms with Crippen LogP contribution in [0.3, 0.4) is 0 Å². The van der Waals surface area contributed by atoms with Crippen LogP contribution in [0.5, 0.6) is 0 Å². The van der Waals surface area contributed by atoms with Crippen LogP contribution in [0.4, 0.5) is 4.79 Å². The maximum Gasteiger partial charge on any atom is 0.492 e. The van der Waals surface area contributed by atoms with Gasteiger partial charge in [0, 0.05) is 30.8 Å². The SMILES string of the molecule is CC(C)Cn1cc(C=C(CNC(=O)OCC2c3ccccc3-c3ccccc32)B2OC(C)(C)C(C)(C)O2)cn1. The number of ether oxygens (including phenoxy) is 1. The Bertz CT molecular complexity index is 1320. The molecule has 1 amide bonds. The molecule has 2 aromatic carbocycles. The molecule has 1 aliphatic heterocycles. The monoisotopic (exact) mass is 527 g/mol. The highest BCUT2D eigenvalue weighted by atomic mass is 16.7. The van der Waals surface area contributed by atoms with Gasteiger partial charge >= 0.3 is 13.2 Å². The van der Waals surface area contributed by atoms with E-state index in [2.05, 4.69) is 48.5 Å². The number of amides is 1. The highest BCUT2D eigenvalue weighted by Crippen LogP contribution is 2.44. The van der Waals surface area contributed by atoms with Crippen molar-refractivity contribution in [2.24, 2.45) is 5.92 Å². The Balaban J connectivity index is 1.28. The van der Waals surface area contributed by atoms with Gasteiger partial charge in [0.05, 0.1) is 17.4 Å². The van der Waals surface area contributed by atoms with Gasteiger partial charge in [0.15, 0.2) is 0 Å². The molecule has 5 rings (SSSR count). The van der Waals surface area contributed by atoms with Crippen LogP contribution in [0.25, 0.3) is 17.2 Å². The average Bonchev–Trinajstić information content (AvgIpc) is 3.51. The second-order valence-corrected chi connectivity index (χ2v) is 11.9. The zero-order chi connectivity index (χ0) is 27.8. The lowest BCUT2D eigenvalue weighted by molar-refractivity contribution is 0.00578. The van der Waals surface area contributed by atoms with E-state index in [0.29, 0.717) is 5.92 Å². The third-order valence-corrected chi connectivity index (χ3v) is 7.89. The van der Waals surface area contributed by atoms with Crippen LogP contribution >= 0.6 is 0 Å². The minimum Gasteiger partial charge on any atom is -0.449 e. The first-order valence-electron chi connectivity index (χ1n) is 13.7. The van der Waals surface area contributed by atoms with Crippen LogP contribution < -0.4 is 5.32 Å². The molecule has 0 saturated carbocycles. The number of alkyl carbamates (subject to hydrolysis) is 1. The fraction of sp³-hybridized carbons (Fsp3) is 0.419. The lowest BCUT2D eigenvalue weighted by Crippen LogP contribution is -2.41. The third kappa shape index (κ3) is 5.68. The van der Waals surface area contributed by atoms with Gasteiger partial charge in [-0.05, 0) is 61.3 Å². The van der Waals surface area contributed by atoms with Crippen LogP contribution in [0, 0.1) is 5.92 Å². The summed E-state index contributed by atoms with van der Waals surface area (Å²) in [7, 11) is -0.600. The molecular formula is C31H38BN3O4. The molecule has 0 spiro atoms. The first-order chi connectivity index (χ1) is 18.5. The summed E-state index contributed by atoms with van der Waals surface area (Å²) in [4.78, 5) is 12.9. The molecule has 2 aliphatic rings. The van der Waals surface area contributed by atoms with E-state index in [9.17, 15) is 4.79 Å². The lowest BCUT2D eigenvalue weighted by atomic mass is 9.77. The van der Waals surface area contributed by atoms with Crippen molar-refractivity contribution in [3.8, 4) is 11.1 Å². The van der Waals surface area contributed by atoms with Gasteiger partial charge in [-0.15, -0.1) is 0 Å². The summed E-state index contributed by atoms with van der Waals surface area (Å²) in [6, 6.07) is 16.6. The second kappa shape index (κ2) is 10.7. The molecular weight excluding hydrogens is 489 g/mol. The second-order valence-electron chi connectivity index (χ2n) is 11.9. The molecule has 0 bridgehead atoms. The molecule has 8 heteroatoms. The highest BCUT2D eigenvalue weighted by Gasteiger charge is 2.52. The Hall–Kier alpha value is -3.36. The number of nitrogens with zero attached hydrogens (tertiary/aromatic N) is 2. The van der Waals surface area contributed by atoms with Crippen molar-refractivity contribution in [2.75, 3.05) is 13.2 Å². The standard InChI is InChI=1S/C31H38BN3O4/c1-21(2)18-35-19-22(16-34-35)15-23(32-38-30(3,4)31(5,6)39-32)17-33-29(36)37-20-28-26-13-9-7-11-24(26)25-12-8-10-14-27(25)28/h7-16,19,21,28H,17-18,20H2,1-6H3,(H,33,36). The van der Waals surface area contributed by atoms with E-state index in [4.69, 9.17) is 14.0 Å². The quantitative estimate of drug-likeness (QED) is 0.359. The van der Waals surface area contributed by atoms with Crippen LogP contribution in [0.15, 0.2) is 66.4 Å². The first-order valence-corrected chi connectivity index (χ1v) is 13.7. The Morgan fingerprint density at radius 2 is 1.64 bits per heavy atom. The third-order valence-electron chi connectivity index (χ3n) is 7.89. The Morgan fingerprint density at radius 3 is 2.23 bits per heavy atom. The minimum atomic E-state index is -0.600. The topological polar surface area (TPSA) is 74.6 Å². The normalized spacial score (nSPS) is 17.8. The van der Waals surface area contributed by atoms with Gasteiger partial charge in [-0.3, -0.25) is 4.68 Å². The zero-order valence-corrected chi connectivity index (χ0v) is 23.7. The smallest absolute Gasteiger partial charge is 0.449 e. The van der Waals surface area contributed by atoms with E-state index in [1.807, 2.05) is 75.1 Å². The van der Waals surface area contributed by atoms with Crippen molar-refractivity contribution in [1.82, 2.24) is 15.1 Å². The molecule has 1 aromatic heterocycles. The number of hydrogen-bond donors (Lipinski definition) is 1. The predicted molar refractivity (Wildman–Crippen MR) is 154 cm³/mol. The number of carbonyl (C=O) groups is 1. The number of fused-ring (bicyclic) bond motifs is 3. The summed E-state index contributed by atoms with van der Waals surface area (Å²) in [6.45, 7) is 13.7. The summed E-state index contributed by atoms with van der Waals surface area (Å²) in [5, 5.41) is 7.41. The number of nitrogens with one attached hydrogen (secondary N) is 1. The van der Waals surface area contributed by atoms with Gasteiger partial charge in [0.2, 0.25) is 0 Å². The van der Waals surface area contributed by atoms with E-state index in [1.54, 1.807) is 0 Å². The number of benzene rings is 2. The van der Waals surface area contributed by atoms with E-state index >= 15 is 0 Å². The summed E-state index contributed by atoms with van der Waals surface area (Å²) < 4.78 is 20.3. The van der Waals surface area contributed by atoms with Crippen molar-refractivity contribution in [2.45, 2.75) is 65.2 Å². The molecule has 1 saturated heterocycles. The fourth-order valence-corrected chi connectivity index (χ4v) is 5.16. The van der Waals surface area contributed by atoms with E-state index < -0.39 is 24.4 Å². The van der Waals surface area contributed by atoms with Crippen LogP contribution in [-0.2, 0) is 20.6 Å². The number of hydrogen-bond acceptors (Lipinski definition) is 5. The molecule has 1 fully saturated rings. The van der Waals surface area contributed by atoms with Gasteiger partial charge < -0.3 is 19.4 Å². The molecule has 7 nitrogen and oxygen atoms in total. The van der Waals surface area contributed by atoms with Crippen LogP contribution in [0.1, 0.15) is 64.2 Å². The Morgan fingerprint density at radius 1 is 1.05 bits per heavy atom. The van der Waals surface area contributed by atoms with Crippen molar-refractivity contribution in [3.63, 3.8) is 0 Å². The summed E-state index contributed by atoms with van der Waals surface area (Å²) >= 11 is 0. The molecule has 3 aromatic rings. The number of aromatic nitrogens is 2. The van der Waals surface area contributed by atoms with Gasteiger partial charge in [0.25, 0.3) is 0 Å². The molecule has 0 radical (unpaired) electrons. The zero-order valence-electron chi connectivity index (χ0n) is 23.7. The largest absolute Gasteiger partial charge is 0.492 e. The number of carbonyl (C=O) groups excluding carboxylic acids is 1. The molecule has 0 unspecified atom stereocenters. The summed E-state index contributed by atoms with van der Waals surface area (Å²) in [6.07, 6.45) is 5.32. The van der Waals surface area contributed by atoms with E-state index in [-0.39, 0.29) is 19.1 Å². The molecule has 1 N–H and O–H groups in total. The van der Waals surface area contributed by atoms with E-state index in [1.165, 1.54) is 22.3 Å². The van der Waals surface area contributed by atoms with Gasteiger partial charge in [0.1, 0.15) is 6.61 Å². The Kier molecular flexibility index (Phi) is 7.44. The van der Waals surface area contributed by atoms with Crippen molar-refractivity contribution < 1.29 is 18.8 Å². The summed E-state index contributed by atoms with van der Waals surface area (Å²) in [5.41, 5.74) is 5.49. The van der Waals surface area contributed by atoms with Crippen LogP contribution in [0.2, 0.25) is 0 Å².